The van der Waals surface area contributed by atoms with Crippen molar-refractivity contribution in [2.45, 2.75) is 25.1 Å². The number of rotatable bonds is 9. The summed E-state index contributed by atoms with van der Waals surface area (Å²) < 4.78 is 13.0. The molecule has 0 spiro atoms. The van der Waals surface area contributed by atoms with E-state index in [0.717, 1.165) is 27.8 Å². The van der Waals surface area contributed by atoms with Crippen molar-refractivity contribution in [2.24, 2.45) is 5.10 Å². The SMILES string of the molecule is CCOc1cc(/C=N/NC(=O)Cn2c(=O)sc3ccccc32)ccc1OC(=O)CC1SC(=O)NC1=O. The maximum Gasteiger partial charge on any atom is 0.312 e. The number of para-hydroxylation sites is 1. The summed E-state index contributed by atoms with van der Waals surface area (Å²) in [6.07, 6.45) is 1.11. The van der Waals surface area contributed by atoms with Gasteiger partial charge in [0.15, 0.2) is 11.5 Å². The summed E-state index contributed by atoms with van der Waals surface area (Å²) in [5, 5.41) is 4.71. The lowest BCUT2D eigenvalue weighted by molar-refractivity contribution is -0.136. The van der Waals surface area contributed by atoms with Crippen LogP contribution in [0.5, 0.6) is 11.5 Å². The molecule has 36 heavy (non-hydrogen) atoms. The quantitative estimate of drug-likeness (QED) is 0.186. The summed E-state index contributed by atoms with van der Waals surface area (Å²) in [5.41, 5.74) is 3.62. The number of imide groups is 1. The topological polar surface area (TPSA) is 145 Å². The van der Waals surface area contributed by atoms with Crippen molar-refractivity contribution >= 4 is 62.6 Å². The van der Waals surface area contributed by atoms with Gasteiger partial charge < -0.3 is 9.47 Å². The number of hydrogen-bond donors (Lipinski definition) is 2. The number of fused-ring (bicyclic) bond motifs is 1. The maximum atomic E-state index is 12.3. The first kappa shape index (κ1) is 25.1. The van der Waals surface area contributed by atoms with Gasteiger partial charge in [-0.25, -0.2) is 5.43 Å². The predicted molar refractivity (Wildman–Crippen MR) is 135 cm³/mol. The Kier molecular flexibility index (Phi) is 7.80. The van der Waals surface area contributed by atoms with Crippen molar-refractivity contribution in [1.82, 2.24) is 15.3 Å². The van der Waals surface area contributed by atoms with E-state index >= 15 is 0 Å². The van der Waals surface area contributed by atoms with Crippen LogP contribution in [0.25, 0.3) is 10.2 Å². The van der Waals surface area contributed by atoms with Gasteiger partial charge in [-0.3, -0.25) is 33.9 Å². The zero-order valence-corrected chi connectivity index (χ0v) is 20.5. The van der Waals surface area contributed by atoms with Crippen molar-refractivity contribution in [3.05, 3.63) is 57.7 Å². The fourth-order valence-electron chi connectivity index (χ4n) is 3.32. The molecule has 11 nitrogen and oxygen atoms in total. The number of hydrogen-bond acceptors (Lipinski definition) is 10. The van der Waals surface area contributed by atoms with Crippen molar-refractivity contribution < 1.29 is 28.7 Å². The van der Waals surface area contributed by atoms with Crippen LogP contribution in [0.15, 0.2) is 52.4 Å². The number of hydrazone groups is 1. The van der Waals surface area contributed by atoms with Crippen LogP contribution in [0.4, 0.5) is 4.79 Å². The number of amides is 3. The number of carbonyl (C=O) groups excluding carboxylic acids is 4. The normalized spacial score (nSPS) is 15.3. The molecule has 2 aromatic carbocycles. The number of thioether (sulfide) groups is 1. The Morgan fingerprint density at radius 3 is 2.72 bits per heavy atom. The third-order valence-electron chi connectivity index (χ3n) is 4.89. The smallest absolute Gasteiger partial charge is 0.312 e. The second-order valence-electron chi connectivity index (χ2n) is 7.42. The third-order valence-corrected chi connectivity index (χ3v) is 6.83. The summed E-state index contributed by atoms with van der Waals surface area (Å²) >= 11 is 1.81. The molecule has 4 rings (SSSR count). The van der Waals surface area contributed by atoms with Crippen LogP contribution >= 0.6 is 23.1 Å². The van der Waals surface area contributed by atoms with Gasteiger partial charge in [-0.2, -0.15) is 5.10 Å². The van der Waals surface area contributed by atoms with Crippen LogP contribution < -0.4 is 25.1 Å². The number of esters is 1. The van der Waals surface area contributed by atoms with Gasteiger partial charge in [0.25, 0.3) is 11.1 Å². The Bertz CT molecular complexity index is 1430. The molecular formula is C23H20N4O7S2. The maximum absolute atomic E-state index is 12.3. The van der Waals surface area contributed by atoms with E-state index in [1.165, 1.54) is 16.8 Å². The molecule has 1 aromatic heterocycles. The van der Waals surface area contributed by atoms with Crippen molar-refractivity contribution in [3.63, 3.8) is 0 Å². The zero-order valence-electron chi connectivity index (χ0n) is 18.9. The molecule has 0 aliphatic carbocycles. The van der Waals surface area contributed by atoms with Crippen LogP contribution in [-0.2, 0) is 20.9 Å². The number of aromatic nitrogens is 1. The molecule has 13 heteroatoms. The summed E-state index contributed by atoms with van der Waals surface area (Å²) in [5.74, 6) is -1.29. The van der Waals surface area contributed by atoms with Crippen LogP contribution in [-0.4, -0.2) is 45.7 Å². The fraction of sp³-hybridized carbons (Fsp3) is 0.217. The second kappa shape index (κ2) is 11.2. The van der Waals surface area contributed by atoms with Gasteiger partial charge in [-0.1, -0.05) is 35.2 Å². The molecular weight excluding hydrogens is 508 g/mol. The van der Waals surface area contributed by atoms with Crippen molar-refractivity contribution in [2.75, 3.05) is 6.61 Å². The average molecular weight is 529 g/mol. The minimum Gasteiger partial charge on any atom is -0.490 e. The number of benzene rings is 2. The predicted octanol–water partition coefficient (Wildman–Crippen LogP) is 2.26. The molecule has 0 bridgehead atoms. The van der Waals surface area contributed by atoms with Gasteiger partial charge in [0.1, 0.15) is 11.8 Å². The van der Waals surface area contributed by atoms with E-state index in [1.807, 2.05) is 12.1 Å². The number of nitrogens with zero attached hydrogens (tertiary/aromatic N) is 2. The Hall–Kier alpha value is -3.97. The van der Waals surface area contributed by atoms with Crippen LogP contribution in [0.1, 0.15) is 18.9 Å². The Labute approximate surface area is 212 Å². The highest BCUT2D eigenvalue weighted by atomic mass is 32.2. The highest BCUT2D eigenvalue weighted by molar-refractivity contribution is 8.15. The lowest BCUT2D eigenvalue weighted by atomic mass is 10.2. The van der Waals surface area contributed by atoms with E-state index in [2.05, 4.69) is 15.8 Å². The Balaban J connectivity index is 1.38. The van der Waals surface area contributed by atoms with E-state index < -0.39 is 28.3 Å². The molecule has 3 aromatic rings. The highest BCUT2D eigenvalue weighted by Crippen LogP contribution is 2.30. The molecule has 1 aliphatic heterocycles. The number of nitrogens with one attached hydrogen (secondary N) is 2. The molecule has 1 saturated heterocycles. The van der Waals surface area contributed by atoms with Gasteiger partial charge in [0.05, 0.1) is 29.5 Å². The molecule has 1 atom stereocenters. The molecule has 2 N–H and O–H groups in total. The molecule has 0 radical (unpaired) electrons. The van der Waals surface area contributed by atoms with E-state index in [0.29, 0.717) is 17.7 Å². The monoisotopic (exact) mass is 528 g/mol. The minimum absolute atomic E-state index is 0.140. The van der Waals surface area contributed by atoms with Gasteiger partial charge in [0, 0.05) is 0 Å². The Morgan fingerprint density at radius 2 is 1.97 bits per heavy atom. The lowest BCUT2D eigenvalue weighted by Crippen LogP contribution is -2.27. The zero-order chi connectivity index (χ0) is 25.7. The van der Waals surface area contributed by atoms with Gasteiger partial charge in [-0.15, -0.1) is 0 Å². The number of carbonyl (C=O) groups is 4. The van der Waals surface area contributed by atoms with Gasteiger partial charge >= 0.3 is 10.8 Å². The summed E-state index contributed by atoms with van der Waals surface area (Å²) in [7, 11) is 0. The van der Waals surface area contributed by atoms with Crippen LogP contribution in [0, 0.1) is 0 Å². The second-order valence-corrected chi connectivity index (χ2v) is 9.58. The molecule has 2 heterocycles. The van der Waals surface area contributed by atoms with E-state index in [1.54, 1.807) is 31.2 Å². The molecule has 1 unspecified atom stereocenters. The summed E-state index contributed by atoms with van der Waals surface area (Å²) in [4.78, 5) is 59.4. The van der Waals surface area contributed by atoms with E-state index in [-0.39, 0.29) is 29.3 Å². The molecule has 3 amide bonds. The van der Waals surface area contributed by atoms with Crippen molar-refractivity contribution in [1.29, 1.82) is 0 Å². The van der Waals surface area contributed by atoms with Gasteiger partial charge in [0.2, 0.25) is 5.91 Å². The molecule has 186 valence electrons. The number of thiazole rings is 1. The lowest BCUT2D eigenvalue weighted by Gasteiger charge is -2.12. The van der Waals surface area contributed by atoms with Crippen LogP contribution in [0.2, 0.25) is 0 Å². The summed E-state index contributed by atoms with van der Waals surface area (Å²) in [6.45, 7) is 1.87. The highest BCUT2D eigenvalue weighted by Gasteiger charge is 2.34. The van der Waals surface area contributed by atoms with Gasteiger partial charge in [-0.05, 0) is 42.8 Å². The minimum atomic E-state index is -0.835. The fourth-order valence-corrected chi connectivity index (χ4v) is 5.02. The largest absolute Gasteiger partial charge is 0.490 e. The standard InChI is InChI=1S/C23H20N4O7S2/c1-2-33-16-9-13(7-8-15(16)34-20(29)10-18-21(30)25-22(31)35-18)11-24-26-19(28)12-27-14-5-3-4-6-17(14)36-23(27)32/h3-9,11,18H,2,10,12H2,1H3,(H,26,28)(H,25,30,31)/b24-11+. The van der Waals surface area contributed by atoms with E-state index in [4.69, 9.17) is 9.47 Å². The Morgan fingerprint density at radius 1 is 1.17 bits per heavy atom. The molecule has 0 saturated carbocycles. The first-order valence-corrected chi connectivity index (χ1v) is 12.4. The van der Waals surface area contributed by atoms with E-state index in [9.17, 15) is 24.0 Å². The van der Waals surface area contributed by atoms with Crippen molar-refractivity contribution in [3.8, 4) is 11.5 Å². The first-order valence-electron chi connectivity index (χ1n) is 10.7. The van der Waals surface area contributed by atoms with Crippen LogP contribution in [0.3, 0.4) is 0 Å². The number of ether oxygens (including phenoxy) is 2. The molecule has 1 aliphatic rings. The molecule has 1 fully saturated rings. The first-order chi connectivity index (χ1) is 17.3. The third kappa shape index (κ3) is 5.98. The average Bonchev–Trinajstić information content (AvgIpc) is 3.32. The summed E-state index contributed by atoms with van der Waals surface area (Å²) in [6, 6.07) is 11.9.